The smallest absolute Gasteiger partial charge is 0.118 e. The summed E-state index contributed by atoms with van der Waals surface area (Å²) in [4.78, 5) is 0. The second kappa shape index (κ2) is 12.6. The molecule has 7 nitrogen and oxygen atoms in total. The fraction of sp³-hybridized carbons (Fsp3) is 0.478. The largest absolute Gasteiger partial charge is 0.497 e. The van der Waals surface area contributed by atoms with Crippen LogP contribution in [0.15, 0.2) is 62.2 Å². The molecule has 1 saturated carbocycles. The second-order valence-corrected chi connectivity index (χ2v) is 6.86. The van der Waals surface area contributed by atoms with Crippen LogP contribution in [-0.2, 0) is 25.6 Å². The van der Waals surface area contributed by atoms with E-state index in [0.29, 0.717) is 0 Å². The van der Waals surface area contributed by atoms with Crippen LogP contribution in [0.25, 0.3) is 0 Å². The molecule has 0 radical (unpaired) electrons. The predicted molar refractivity (Wildman–Crippen MR) is 113 cm³/mol. The van der Waals surface area contributed by atoms with Gasteiger partial charge in [-0.2, -0.15) is 0 Å². The van der Waals surface area contributed by atoms with Crippen molar-refractivity contribution < 1.29 is 33.9 Å². The van der Waals surface area contributed by atoms with E-state index >= 15 is 0 Å². The van der Waals surface area contributed by atoms with E-state index in [-0.39, 0.29) is 26.4 Å². The summed E-state index contributed by atoms with van der Waals surface area (Å²) in [6.07, 6.45) is -0.801. The lowest BCUT2D eigenvalue weighted by molar-refractivity contribution is -0.262. The molecule has 0 amide bonds. The minimum atomic E-state index is -1.23. The Labute approximate surface area is 178 Å². The average Bonchev–Trinajstić information content (AvgIpc) is 2.77. The van der Waals surface area contributed by atoms with Crippen molar-refractivity contribution in [3.8, 4) is 5.75 Å². The van der Waals surface area contributed by atoms with E-state index < -0.39 is 36.6 Å². The van der Waals surface area contributed by atoms with E-state index in [4.69, 9.17) is 23.7 Å². The van der Waals surface area contributed by atoms with E-state index in [1.165, 1.54) is 0 Å². The molecule has 2 rings (SSSR count). The van der Waals surface area contributed by atoms with Crippen molar-refractivity contribution in [2.45, 2.75) is 43.2 Å². The average molecular weight is 421 g/mol. The number of ether oxygens (including phenoxy) is 5. The van der Waals surface area contributed by atoms with Gasteiger partial charge in [-0.05, 0) is 17.7 Å². The molecule has 1 aliphatic rings. The van der Waals surface area contributed by atoms with Gasteiger partial charge in [0.25, 0.3) is 0 Å². The van der Waals surface area contributed by atoms with Crippen molar-refractivity contribution >= 4 is 0 Å². The summed E-state index contributed by atoms with van der Waals surface area (Å²) in [5.74, 6) is 0.743. The molecule has 0 spiro atoms. The maximum absolute atomic E-state index is 10.7. The number of hydrogen-bond donors (Lipinski definition) is 2. The van der Waals surface area contributed by atoms with Crippen LogP contribution < -0.4 is 4.74 Å². The van der Waals surface area contributed by atoms with Crippen molar-refractivity contribution in [3.05, 3.63) is 67.8 Å². The highest BCUT2D eigenvalue weighted by molar-refractivity contribution is 5.26. The summed E-state index contributed by atoms with van der Waals surface area (Å²) in [7, 11) is 1.60. The zero-order valence-corrected chi connectivity index (χ0v) is 17.4. The monoisotopic (exact) mass is 420 g/mol. The van der Waals surface area contributed by atoms with Gasteiger partial charge in [0.15, 0.2) is 0 Å². The van der Waals surface area contributed by atoms with E-state index in [2.05, 4.69) is 19.7 Å². The Morgan fingerprint density at radius 1 is 0.733 bits per heavy atom. The Morgan fingerprint density at radius 2 is 1.17 bits per heavy atom. The molecule has 166 valence electrons. The van der Waals surface area contributed by atoms with Gasteiger partial charge in [0.2, 0.25) is 0 Å². The van der Waals surface area contributed by atoms with Gasteiger partial charge < -0.3 is 33.9 Å². The summed E-state index contributed by atoms with van der Waals surface area (Å²) in [6.45, 7) is 11.8. The van der Waals surface area contributed by atoms with E-state index in [1.807, 2.05) is 24.3 Å². The molecular formula is C23H32O7. The van der Waals surface area contributed by atoms with Crippen molar-refractivity contribution in [1.29, 1.82) is 0 Å². The van der Waals surface area contributed by atoms with Crippen molar-refractivity contribution in [2.24, 2.45) is 0 Å². The lowest BCUT2D eigenvalue weighted by atomic mass is 9.84. The molecule has 1 aromatic carbocycles. The Kier molecular flexibility index (Phi) is 10.2. The number of aliphatic hydroxyl groups excluding tert-OH is 2. The molecule has 7 heteroatoms. The highest BCUT2D eigenvalue weighted by atomic mass is 16.6. The predicted octanol–water partition coefficient (Wildman–Crippen LogP) is 2.03. The minimum absolute atomic E-state index is 0.184. The zero-order chi connectivity index (χ0) is 21.9. The topological polar surface area (TPSA) is 86.6 Å². The van der Waals surface area contributed by atoms with Crippen LogP contribution in [0.5, 0.6) is 5.75 Å². The molecule has 0 heterocycles. The van der Waals surface area contributed by atoms with Crippen LogP contribution in [0.2, 0.25) is 0 Å². The lowest BCUT2D eigenvalue weighted by Crippen LogP contribution is -2.66. The number of methoxy groups -OCH3 is 1. The van der Waals surface area contributed by atoms with Crippen LogP contribution in [0, 0.1) is 0 Å². The zero-order valence-electron chi connectivity index (χ0n) is 17.4. The third-order valence-corrected chi connectivity index (χ3v) is 4.82. The maximum atomic E-state index is 10.7. The van der Waals surface area contributed by atoms with Gasteiger partial charge in [-0.15, -0.1) is 19.7 Å². The standard InChI is InChI=1S/C23H32O7/c1-5-12-27-20-18(24)19(25)21(28-13-6-2)23(22(20)29-14-7-3)30-15-16-8-10-17(26-4)11-9-16/h5-11,18-25H,1-3,12-15H2,4H3/t18-,19+,20+,21+,22-,23-/m0/s1. The summed E-state index contributed by atoms with van der Waals surface area (Å²) < 4.78 is 28.7. The Bertz CT molecular complexity index is 660. The molecule has 6 atom stereocenters. The molecule has 1 fully saturated rings. The normalized spacial score (nSPS) is 28.6. The van der Waals surface area contributed by atoms with Gasteiger partial charge in [-0.25, -0.2) is 0 Å². The first-order valence-corrected chi connectivity index (χ1v) is 9.85. The number of hydrogen-bond acceptors (Lipinski definition) is 7. The highest BCUT2D eigenvalue weighted by Gasteiger charge is 2.52. The summed E-state index contributed by atoms with van der Waals surface area (Å²) >= 11 is 0. The van der Waals surface area contributed by atoms with Crippen LogP contribution in [0.1, 0.15) is 5.56 Å². The molecule has 0 aliphatic heterocycles. The molecule has 30 heavy (non-hydrogen) atoms. The molecule has 1 aromatic rings. The number of benzene rings is 1. The first-order chi connectivity index (χ1) is 14.6. The Balaban J connectivity index is 2.26. The van der Waals surface area contributed by atoms with Gasteiger partial charge in [0.05, 0.1) is 33.5 Å². The molecule has 0 bridgehead atoms. The summed E-state index contributed by atoms with van der Waals surface area (Å²) in [6, 6.07) is 7.45. The third-order valence-electron chi connectivity index (χ3n) is 4.82. The lowest BCUT2D eigenvalue weighted by Gasteiger charge is -2.46. The highest BCUT2D eigenvalue weighted by Crippen LogP contribution is 2.31. The van der Waals surface area contributed by atoms with Crippen molar-refractivity contribution in [3.63, 3.8) is 0 Å². The van der Waals surface area contributed by atoms with Crippen LogP contribution in [0.3, 0.4) is 0 Å². The van der Waals surface area contributed by atoms with Gasteiger partial charge in [-0.3, -0.25) is 0 Å². The van der Waals surface area contributed by atoms with Gasteiger partial charge >= 0.3 is 0 Å². The van der Waals surface area contributed by atoms with Crippen molar-refractivity contribution in [1.82, 2.24) is 0 Å². The first-order valence-electron chi connectivity index (χ1n) is 9.85. The summed E-state index contributed by atoms with van der Waals surface area (Å²) in [5.41, 5.74) is 0.907. The SMILES string of the molecule is C=CCO[C@@H]1[C@@H](OCc2ccc(OC)cc2)[C@H](OCC=C)[C@H](O)[C@H](O)[C@H]1OCC=C. The Hall–Kier alpha value is -2.00. The molecule has 0 unspecified atom stereocenters. The third kappa shape index (κ3) is 6.25. The number of aliphatic hydroxyl groups is 2. The van der Waals surface area contributed by atoms with Crippen LogP contribution in [-0.4, -0.2) is 73.8 Å². The molecule has 0 aromatic heterocycles. The van der Waals surface area contributed by atoms with Gasteiger partial charge in [0.1, 0.15) is 42.4 Å². The first kappa shape index (κ1) is 24.3. The fourth-order valence-electron chi connectivity index (χ4n) is 3.37. The quantitative estimate of drug-likeness (QED) is 0.472. The van der Waals surface area contributed by atoms with Crippen molar-refractivity contribution in [2.75, 3.05) is 26.9 Å². The molecule has 0 saturated heterocycles. The minimum Gasteiger partial charge on any atom is -0.497 e. The summed E-state index contributed by atoms with van der Waals surface area (Å²) in [5, 5.41) is 21.4. The van der Waals surface area contributed by atoms with E-state index in [9.17, 15) is 10.2 Å². The fourth-order valence-corrected chi connectivity index (χ4v) is 3.37. The van der Waals surface area contributed by atoms with E-state index in [1.54, 1.807) is 25.3 Å². The molecule has 2 N–H and O–H groups in total. The van der Waals surface area contributed by atoms with Gasteiger partial charge in [-0.1, -0.05) is 30.4 Å². The maximum Gasteiger partial charge on any atom is 0.118 e. The van der Waals surface area contributed by atoms with Gasteiger partial charge in [0, 0.05) is 0 Å². The van der Waals surface area contributed by atoms with Crippen LogP contribution >= 0.6 is 0 Å². The Morgan fingerprint density at radius 3 is 1.60 bits per heavy atom. The van der Waals surface area contributed by atoms with Crippen LogP contribution in [0.4, 0.5) is 0 Å². The number of rotatable bonds is 13. The molecular weight excluding hydrogens is 388 g/mol. The second-order valence-electron chi connectivity index (χ2n) is 6.86. The molecule has 1 aliphatic carbocycles. The van der Waals surface area contributed by atoms with E-state index in [0.717, 1.165) is 11.3 Å².